The molecule has 33 heavy (non-hydrogen) atoms. The Labute approximate surface area is 190 Å². The smallest absolute Gasteiger partial charge is 0.338 e. The number of hydrogen-bond acceptors (Lipinski definition) is 9. The third-order valence-corrected chi connectivity index (χ3v) is 4.69. The molecule has 0 aliphatic carbocycles. The molecule has 2 N–H and O–H groups in total. The van der Waals surface area contributed by atoms with Crippen molar-refractivity contribution in [2.75, 3.05) is 20.8 Å². The first-order valence-electron chi connectivity index (χ1n) is 10.1. The Morgan fingerprint density at radius 3 is 2.24 bits per heavy atom. The van der Waals surface area contributed by atoms with E-state index in [0.29, 0.717) is 11.7 Å². The van der Waals surface area contributed by atoms with E-state index in [4.69, 9.17) is 29.2 Å². The standard InChI is InChI=1S/C23H25N3O7/c1-13(2)14-5-7-15(8-6-14)22-25-20(33-26-22)12-32-23(28)16-9-17(29-3)21(18(10-16)30-4)31-11-19(24)27/h5-10,13H,11-12H2,1-4H3,(H2,24,27). The van der Waals surface area contributed by atoms with Crippen LogP contribution in [0.25, 0.3) is 11.4 Å². The van der Waals surface area contributed by atoms with E-state index < -0.39 is 11.9 Å². The van der Waals surface area contributed by atoms with Crippen molar-refractivity contribution in [1.82, 2.24) is 10.1 Å². The predicted molar refractivity (Wildman–Crippen MR) is 117 cm³/mol. The Morgan fingerprint density at radius 2 is 1.70 bits per heavy atom. The van der Waals surface area contributed by atoms with Crippen molar-refractivity contribution < 1.29 is 33.1 Å². The molecule has 1 amide bonds. The molecule has 10 nitrogen and oxygen atoms in total. The van der Waals surface area contributed by atoms with Crippen LogP contribution >= 0.6 is 0 Å². The predicted octanol–water partition coefficient (Wildman–Crippen LogP) is 3.10. The summed E-state index contributed by atoms with van der Waals surface area (Å²) in [4.78, 5) is 27.9. The summed E-state index contributed by atoms with van der Waals surface area (Å²) in [7, 11) is 2.77. The number of methoxy groups -OCH3 is 2. The largest absolute Gasteiger partial charge is 0.493 e. The topological polar surface area (TPSA) is 136 Å². The van der Waals surface area contributed by atoms with E-state index in [2.05, 4.69) is 24.0 Å². The maximum atomic E-state index is 12.6. The summed E-state index contributed by atoms with van der Waals surface area (Å²) in [5, 5.41) is 3.94. The van der Waals surface area contributed by atoms with Crippen molar-refractivity contribution in [2.45, 2.75) is 26.4 Å². The zero-order valence-electron chi connectivity index (χ0n) is 18.8. The van der Waals surface area contributed by atoms with Gasteiger partial charge in [0.15, 0.2) is 24.7 Å². The normalized spacial score (nSPS) is 10.7. The van der Waals surface area contributed by atoms with Crippen molar-refractivity contribution in [1.29, 1.82) is 0 Å². The summed E-state index contributed by atoms with van der Waals surface area (Å²) < 4.78 is 26.3. The molecule has 0 radical (unpaired) electrons. The van der Waals surface area contributed by atoms with Crippen molar-refractivity contribution in [3.8, 4) is 28.6 Å². The second kappa shape index (κ2) is 10.5. The zero-order valence-corrected chi connectivity index (χ0v) is 18.8. The Bertz CT molecular complexity index is 1100. The summed E-state index contributed by atoms with van der Waals surface area (Å²) >= 11 is 0. The molecule has 0 spiro atoms. The van der Waals surface area contributed by atoms with E-state index in [-0.39, 0.29) is 41.9 Å². The number of amides is 1. The fraction of sp³-hybridized carbons (Fsp3) is 0.304. The van der Waals surface area contributed by atoms with Gasteiger partial charge in [0.05, 0.1) is 19.8 Å². The van der Waals surface area contributed by atoms with Crippen LogP contribution in [-0.2, 0) is 16.1 Å². The number of primary amides is 1. The average molecular weight is 455 g/mol. The van der Waals surface area contributed by atoms with Crippen LogP contribution in [0, 0.1) is 0 Å². The number of hydrogen-bond donors (Lipinski definition) is 1. The monoisotopic (exact) mass is 455 g/mol. The van der Waals surface area contributed by atoms with Gasteiger partial charge >= 0.3 is 5.97 Å². The lowest BCUT2D eigenvalue weighted by Crippen LogP contribution is -2.20. The van der Waals surface area contributed by atoms with Crippen LogP contribution in [0.5, 0.6) is 17.2 Å². The highest BCUT2D eigenvalue weighted by Gasteiger charge is 2.20. The Hall–Kier alpha value is -4.08. The molecule has 0 fully saturated rings. The maximum absolute atomic E-state index is 12.6. The minimum atomic E-state index is -0.672. The number of aromatic nitrogens is 2. The molecule has 0 aliphatic rings. The summed E-state index contributed by atoms with van der Waals surface area (Å²) in [6, 6.07) is 10.6. The Balaban J connectivity index is 1.70. The third-order valence-electron chi connectivity index (χ3n) is 4.69. The number of rotatable bonds is 10. The molecular formula is C23H25N3O7. The molecule has 0 saturated heterocycles. The van der Waals surface area contributed by atoms with Crippen LogP contribution in [0.1, 0.15) is 41.6 Å². The van der Waals surface area contributed by atoms with Crippen molar-refractivity contribution in [2.24, 2.45) is 5.73 Å². The quantitative estimate of drug-likeness (QED) is 0.457. The van der Waals surface area contributed by atoms with E-state index in [1.807, 2.05) is 24.3 Å². The lowest BCUT2D eigenvalue weighted by Gasteiger charge is -2.15. The van der Waals surface area contributed by atoms with Gasteiger partial charge in [-0.25, -0.2) is 4.79 Å². The molecule has 0 aliphatic heterocycles. The molecule has 3 rings (SSSR count). The summed E-state index contributed by atoms with van der Waals surface area (Å²) in [6.45, 7) is 3.63. The number of carbonyl (C=O) groups excluding carboxylic acids is 2. The minimum Gasteiger partial charge on any atom is -0.493 e. The zero-order chi connectivity index (χ0) is 24.0. The molecule has 0 unspecified atom stereocenters. The molecule has 1 aromatic heterocycles. The number of benzene rings is 2. The van der Waals surface area contributed by atoms with Gasteiger partial charge in [-0.15, -0.1) is 0 Å². The first kappa shape index (κ1) is 23.6. The van der Waals surface area contributed by atoms with E-state index in [0.717, 1.165) is 5.56 Å². The number of carbonyl (C=O) groups is 2. The lowest BCUT2D eigenvalue weighted by atomic mass is 10.0. The second-order valence-electron chi connectivity index (χ2n) is 7.33. The van der Waals surface area contributed by atoms with Gasteiger partial charge in [-0.3, -0.25) is 4.79 Å². The lowest BCUT2D eigenvalue weighted by molar-refractivity contribution is -0.120. The Morgan fingerprint density at radius 1 is 1.06 bits per heavy atom. The molecule has 10 heteroatoms. The molecule has 1 heterocycles. The molecule has 3 aromatic rings. The first-order chi connectivity index (χ1) is 15.8. The molecule has 174 valence electrons. The van der Waals surface area contributed by atoms with Crippen molar-refractivity contribution in [3.63, 3.8) is 0 Å². The van der Waals surface area contributed by atoms with E-state index >= 15 is 0 Å². The van der Waals surface area contributed by atoms with Crippen LogP contribution in [0.15, 0.2) is 40.9 Å². The van der Waals surface area contributed by atoms with Gasteiger partial charge in [0.25, 0.3) is 11.8 Å². The van der Waals surface area contributed by atoms with Gasteiger partial charge in [0.2, 0.25) is 11.6 Å². The second-order valence-corrected chi connectivity index (χ2v) is 7.33. The van der Waals surface area contributed by atoms with Crippen LogP contribution in [0.4, 0.5) is 0 Å². The van der Waals surface area contributed by atoms with Gasteiger partial charge in [-0.1, -0.05) is 43.3 Å². The van der Waals surface area contributed by atoms with Gasteiger partial charge in [-0.05, 0) is 23.6 Å². The number of nitrogens with zero attached hydrogens (tertiary/aromatic N) is 2. The van der Waals surface area contributed by atoms with E-state index in [9.17, 15) is 9.59 Å². The van der Waals surface area contributed by atoms with Crippen molar-refractivity contribution in [3.05, 3.63) is 53.4 Å². The third kappa shape index (κ3) is 5.79. The highest BCUT2D eigenvalue weighted by Crippen LogP contribution is 2.38. The van der Waals surface area contributed by atoms with Crippen LogP contribution in [0.2, 0.25) is 0 Å². The fourth-order valence-electron chi connectivity index (χ4n) is 2.94. The highest BCUT2D eigenvalue weighted by molar-refractivity contribution is 5.91. The van der Waals surface area contributed by atoms with Crippen LogP contribution in [0.3, 0.4) is 0 Å². The van der Waals surface area contributed by atoms with Crippen LogP contribution in [-0.4, -0.2) is 42.8 Å². The van der Waals surface area contributed by atoms with E-state index in [1.165, 1.54) is 31.9 Å². The fourth-order valence-corrected chi connectivity index (χ4v) is 2.94. The van der Waals surface area contributed by atoms with E-state index in [1.54, 1.807) is 0 Å². The molecule has 2 aromatic carbocycles. The Kier molecular flexibility index (Phi) is 7.50. The first-order valence-corrected chi connectivity index (χ1v) is 10.1. The molecule has 0 bridgehead atoms. The van der Waals surface area contributed by atoms with Crippen LogP contribution < -0.4 is 19.9 Å². The highest BCUT2D eigenvalue weighted by atomic mass is 16.6. The number of ether oxygens (including phenoxy) is 4. The molecular weight excluding hydrogens is 430 g/mol. The molecule has 0 atom stereocenters. The summed E-state index contributed by atoms with van der Waals surface area (Å²) in [6.07, 6.45) is 0. The molecule has 0 saturated carbocycles. The average Bonchev–Trinajstić information content (AvgIpc) is 3.29. The van der Waals surface area contributed by atoms with Gasteiger partial charge in [-0.2, -0.15) is 4.98 Å². The van der Waals surface area contributed by atoms with Gasteiger partial charge < -0.3 is 29.2 Å². The summed E-state index contributed by atoms with van der Waals surface area (Å²) in [5.74, 6) is 0.106. The minimum absolute atomic E-state index is 0.138. The SMILES string of the molecule is COc1cc(C(=O)OCc2nc(-c3ccc(C(C)C)cc3)no2)cc(OC)c1OCC(N)=O. The number of esters is 1. The maximum Gasteiger partial charge on any atom is 0.338 e. The van der Waals surface area contributed by atoms with Gasteiger partial charge in [0.1, 0.15) is 0 Å². The summed E-state index contributed by atoms with van der Waals surface area (Å²) in [5.41, 5.74) is 7.25. The number of nitrogens with two attached hydrogens (primary N) is 1. The van der Waals surface area contributed by atoms with Gasteiger partial charge in [0, 0.05) is 5.56 Å². The van der Waals surface area contributed by atoms with Crippen molar-refractivity contribution >= 4 is 11.9 Å².